The first kappa shape index (κ1) is 13.3. The summed E-state index contributed by atoms with van der Waals surface area (Å²) in [7, 11) is 2.08. The molecule has 2 saturated heterocycles. The Morgan fingerprint density at radius 1 is 1.29 bits per heavy atom. The van der Waals surface area contributed by atoms with Crippen molar-refractivity contribution in [1.82, 2.24) is 10.2 Å². The van der Waals surface area contributed by atoms with Crippen LogP contribution in [0.25, 0.3) is 0 Å². The maximum Gasteiger partial charge on any atom is 0.0588 e. The normalized spacial score (nSPS) is 32.8. The Bertz CT molecular complexity index is 216. The summed E-state index contributed by atoms with van der Waals surface area (Å²) < 4.78 is 5.72. The second-order valence-corrected chi connectivity index (χ2v) is 5.60. The molecule has 1 N–H and O–H groups in total. The smallest absolute Gasteiger partial charge is 0.0588 e. The van der Waals surface area contributed by atoms with Crippen molar-refractivity contribution >= 4 is 0 Å². The molecule has 100 valence electrons. The van der Waals surface area contributed by atoms with Crippen LogP contribution in [0.1, 0.15) is 45.4 Å². The van der Waals surface area contributed by atoms with Crippen molar-refractivity contribution in [2.45, 2.75) is 63.6 Å². The van der Waals surface area contributed by atoms with Gasteiger partial charge in [-0.3, -0.25) is 4.90 Å². The fourth-order valence-corrected chi connectivity index (χ4v) is 3.23. The van der Waals surface area contributed by atoms with Gasteiger partial charge in [0.15, 0.2) is 0 Å². The molecule has 0 aromatic heterocycles. The van der Waals surface area contributed by atoms with Crippen LogP contribution < -0.4 is 5.32 Å². The van der Waals surface area contributed by atoms with Gasteiger partial charge in [-0.05, 0) is 52.6 Å². The van der Waals surface area contributed by atoms with E-state index < -0.39 is 0 Å². The third-order valence-corrected chi connectivity index (χ3v) is 4.46. The molecule has 0 bridgehead atoms. The number of hydrogen-bond acceptors (Lipinski definition) is 3. The van der Waals surface area contributed by atoms with Crippen molar-refractivity contribution in [3.05, 3.63) is 0 Å². The standard InChI is InChI=1S/C14H28N2O/c1-12(15-2)14-7-3-4-9-16(14)10-8-13-6-5-11-17-13/h12-15H,3-11H2,1-2H3. The summed E-state index contributed by atoms with van der Waals surface area (Å²) in [5.74, 6) is 0. The largest absolute Gasteiger partial charge is 0.378 e. The van der Waals surface area contributed by atoms with Crippen LogP contribution in [0.2, 0.25) is 0 Å². The molecule has 0 radical (unpaired) electrons. The fraction of sp³-hybridized carbons (Fsp3) is 1.00. The molecule has 3 heteroatoms. The average molecular weight is 240 g/mol. The van der Waals surface area contributed by atoms with E-state index in [0.717, 1.165) is 12.6 Å². The highest BCUT2D eigenvalue weighted by molar-refractivity contribution is 4.85. The minimum absolute atomic E-state index is 0.544. The van der Waals surface area contributed by atoms with Crippen molar-refractivity contribution in [2.75, 3.05) is 26.7 Å². The molecule has 2 aliphatic rings. The van der Waals surface area contributed by atoms with E-state index in [1.807, 2.05) is 0 Å². The minimum Gasteiger partial charge on any atom is -0.378 e. The Hall–Kier alpha value is -0.120. The number of piperidine rings is 1. The Morgan fingerprint density at radius 3 is 2.88 bits per heavy atom. The molecule has 2 heterocycles. The van der Waals surface area contributed by atoms with Crippen LogP contribution in [0.3, 0.4) is 0 Å². The van der Waals surface area contributed by atoms with Crippen molar-refractivity contribution < 1.29 is 4.74 Å². The highest BCUT2D eigenvalue weighted by atomic mass is 16.5. The highest BCUT2D eigenvalue weighted by Crippen LogP contribution is 2.22. The molecule has 0 saturated carbocycles. The number of rotatable bonds is 5. The Morgan fingerprint density at radius 2 is 2.18 bits per heavy atom. The molecule has 3 nitrogen and oxygen atoms in total. The summed E-state index contributed by atoms with van der Waals surface area (Å²) in [5.41, 5.74) is 0. The van der Waals surface area contributed by atoms with Gasteiger partial charge in [0.2, 0.25) is 0 Å². The molecule has 0 amide bonds. The molecular formula is C14H28N2O. The molecule has 0 aliphatic carbocycles. The first-order chi connectivity index (χ1) is 8.31. The van der Waals surface area contributed by atoms with Gasteiger partial charge in [-0.15, -0.1) is 0 Å². The van der Waals surface area contributed by atoms with Gasteiger partial charge in [-0.2, -0.15) is 0 Å². The lowest BCUT2D eigenvalue weighted by Gasteiger charge is -2.39. The summed E-state index contributed by atoms with van der Waals surface area (Å²) in [6.07, 6.45) is 8.44. The van der Waals surface area contributed by atoms with Crippen molar-refractivity contribution in [1.29, 1.82) is 0 Å². The van der Waals surface area contributed by atoms with E-state index in [0.29, 0.717) is 12.1 Å². The molecule has 3 atom stereocenters. The molecule has 2 aliphatic heterocycles. The molecular weight excluding hydrogens is 212 g/mol. The lowest BCUT2D eigenvalue weighted by Crippen LogP contribution is -2.50. The number of hydrogen-bond donors (Lipinski definition) is 1. The summed E-state index contributed by atoms with van der Waals surface area (Å²) in [5, 5.41) is 3.42. The molecule has 0 aromatic rings. The number of nitrogens with one attached hydrogen (secondary N) is 1. The summed E-state index contributed by atoms with van der Waals surface area (Å²) in [6, 6.07) is 1.34. The molecule has 0 spiro atoms. The Kier molecular flexibility index (Phi) is 5.26. The summed E-state index contributed by atoms with van der Waals surface area (Å²) in [6.45, 7) is 5.81. The molecule has 3 unspecified atom stereocenters. The van der Waals surface area contributed by atoms with Gasteiger partial charge in [0, 0.05) is 25.2 Å². The van der Waals surface area contributed by atoms with E-state index in [2.05, 4.69) is 24.2 Å². The van der Waals surface area contributed by atoms with Gasteiger partial charge >= 0.3 is 0 Å². The minimum atomic E-state index is 0.544. The number of ether oxygens (including phenoxy) is 1. The zero-order chi connectivity index (χ0) is 12.1. The lowest BCUT2D eigenvalue weighted by molar-refractivity contribution is 0.0681. The van der Waals surface area contributed by atoms with E-state index in [9.17, 15) is 0 Å². The van der Waals surface area contributed by atoms with Crippen LogP contribution in [0.4, 0.5) is 0 Å². The van der Waals surface area contributed by atoms with Crippen LogP contribution in [-0.4, -0.2) is 49.8 Å². The molecule has 0 aromatic carbocycles. The highest BCUT2D eigenvalue weighted by Gasteiger charge is 2.27. The summed E-state index contributed by atoms with van der Waals surface area (Å²) >= 11 is 0. The first-order valence-corrected chi connectivity index (χ1v) is 7.34. The van der Waals surface area contributed by atoms with Crippen LogP contribution in [0.15, 0.2) is 0 Å². The fourth-order valence-electron chi connectivity index (χ4n) is 3.23. The average Bonchev–Trinajstić information content (AvgIpc) is 2.89. The van der Waals surface area contributed by atoms with Crippen LogP contribution in [0, 0.1) is 0 Å². The second kappa shape index (κ2) is 6.72. The Balaban J connectivity index is 1.78. The van der Waals surface area contributed by atoms with Gasteiger partial charge < -0.3 is 10.1 Å². The third-order valence-electron chi connectivity index (χ3n) is 4.46. The van der Waals surface area contributed by atoms with Crippen LogP contribution >= 0.6 is 0 Å². The SMILES string of the molecule is CNC(C)C1CCCCN1CCC1CCCO1. The number of likely N-dealkylation sites (N-methyl/N-ethyl adjacent to an activating group) is 1. The van der Waals surface area contributed by atoms with Crippen molar-refractivity contribution in [2.24, 2.45) is 0 Å². The molecule has 2 fully saturated rings. The van der Waals surface area contributed by atoms with Gasteiger partial charge in [0.25, 0.3) is 0 Å². The van der Waals surface area contributed by atoms with Crippen LogP contribution in [-0.2, 0) is 4.74 Å². The zero-order valence-electron chi connectivity index (χ0n) is 11.5. The number of nitrogens with zero attached hydrogens (tertiary/aromatic N) is 1. The maximum atomic E-state index is 5.72. The zero-order valence-corrected chi connectivity index (χ0v) is 11.5. The molecule has 17 heavy (non-hydrogen) atoms. The topological polar surface area (TPSA) is 24.5 Å². The van der Waals surface area contributed by atoms with E-state index >= 15 is 0 Å². The van der Waals surface area contributed by atoms with Gasteiger partial charge in [0.1, 0.15) is 0 Å². The van der Waals surface area contributed by atoms with Gasteiger partial charge in [0.05, 0.1) is 6.10 Å². The molecule has 2 rings (SSSR count). The monoisotopic (exact) mass is 240 g/mol. The number of likely N-dealkylation sites (tertiary alicyclic amines) is 1. The van der Waals surface area contributed by atoms with E-state index in [4.69, 9.17) is 4.74 Å². The van der Waals surface area contributed by atoms with Gasteiger partial charge in [-0.25, -0.2) is 0 Å². The maximum absolute atomic E-state index is 5.72. The Labute approximate surface area is 106 Å². The van der Waals surface area contributed by atoms with E-state index in [1.165, 1.54) is 51.6 Å². The van der Waals surface area contributed by atoms with E-state index in [1.54, 1.807) is 0 Å². The quantitative estimate of drug-likeness (QED) is 0.795. The second-order valence-electron chi connectivity index (χ2n) is 5.60. The predicted octanol–water partition coefficient (Wildman–Crippen LogP) is 2.02. The van der Waals surface area contributed by atoms with Crippen molar-refractivity contribution in [3.8, 4) is 0 Å². The third kappa shape index (κ3) is 3.67. The van der Waals surface area contributed by atoms with Crippen LogP contribution in [0.5, 0.6) is 0 Å². The lowest BCUT2D eigenvalue weighted by atomic mass is 9.96. The summed E-state index contributed by atoms with van der Waals surface area (Å²) in [4.78, 5) is 2.69. The predicted molar refractivity (Wildman–Crippen MR) is 71.3 cm³/mol. The van der Waals surface area contributed by atoms with Gasteiger partial charge in [-0.1, -0.05) is 6.42 Å². The van der Waals surface area contributed by atoms with E-state index in [-0.39, 0.29) is 0 Å². The van der Waals surface area contributed by atoms with Crippen molar-refractivity contribution in [3.63, 3.8) is 0 Å². The first-order valence-electron chi connectivity index (χ1n) is 7.34.